The first-order chi connectivity index (χ1) is 9.66. The fourth-order valence-corrected chi connectivity index (χ4v) is 2.99. The zero-order valence-corrected chi connectivity index (χ0v) is 11.5. The van der Waals surface area contributed by atoms with Crippen LogP contribution in [0.25, 0.3) is 0 Å². The lowest BCUT2D eigenvalue weighted by atomic mass is 9.81. The van der Waals surface area contributed by atoms with Gasteiger partial charge < -0.3 is 5.32 Å². The van der Waals surface area contributed by atoms with Crippen LogP contribution in [0, 0.1) is 6.92 Å². The van der Waals surface area contributed by atoms with Crippen LogP contribution in [0.3, 0.4) is 0 Å². The van der Waals surface area contributed by atoms with Gasteiger partial charge in [0.2, 0.25) is 11.6 Å². The van der Waals surface area contributed by atoms with Crippen molar-refractivity contribution in [1.29, 1.82) is 0 Å². The van der Waals surface area contributed by atoms with E-state index >= 15 is 0 Å². The summed E-state index contributed by atoms with van der Waals surface area (Å²) in [5.74, 6) is -0.652. The monoisotopic (exact) mass is 267 g/mol. The molecule has 0 spiro atoms. The maximum atomic E-state index is 11.7. The Morgan fingerprint density at radius 2 is 1.85 bits per heavy atom. The van der Waals surface area contributed by atoms with Crippen molar-refractivity contribution in [1.82, 2.24) is 5.32 Å². The van der Waals surface area contributed by atoms with E-state index in [0.29, 0.717) is 0 Å². The zero-order chi connectivity index (χ0) is 14.1. The van der Waals surface area contributed by atoms with Gasteiger partial charge in [0.15, 0.2) is 0 Å². The van der Waals surface area contributed by atoms with E-state index in [9.17, 15) is 9.59 Å². The molecule has 0 radical (unpaired) electrons. The number of fused-ring (bicyclic) bond motifs is 1. The number of carbonyl (C=O) groups excluding carboxylic acids is 2. The second kappa shape index (κ2) is 5.17. The standard InChI is InChI=1S/C17H17NO2/c1-11-4-2-3-5-13(11)15-10-18-7-6-12-8-16(19)17(20)9-14(12)15/h2-5,8-9,15,18H,6-7,10H2,1H3. The van der Waals surface area contributed by atoms with E-state index in [0.717, 1.165) is 30.7 Å². The first kappa shape index (κ1) is 13.0. The minimum atomic E-state index is -0.399. The van der Waals surface area contributed by atoms with Crippen molar-refractivity contribution >= 4 is 11.6 Å². The van der Waals surface area contributed by atoms with Crippen LogP contribution in [-0.2, 0) is 9.59 Å². The van der Waals surface area contributed by atoms with Crippen LogP contribution >= 0.6 is 0 Å². The van der Waals surface area contributed by atoms with Crippen LogP contribution in [0.15, 0.2) is 47.6 Å². The number of ketones is 2. The molecule has 1 heterocycles. The number of hydrogen-bond donors (Lipinski definition) is 1. The van der Waals surface area contributed by atoms with Crippen LogP contribution < -0.4 is 5.32 Å². The summed E-state index contributed by atoms with van der Waals surface area (Å²) in [6.45, 7) is 3.72. The van der Waals surface area contributed by atoms with Crippen molar-refractivity contribution in [3.63, 3.8) is 0 Å². The Morgan fingerprint density at radius 1 is 1.10 bits per heavy atom. The van der Waals surface area contributed by atoms with Crippen molar-refractivity contribution in [2.24, 2.45) is 0 Å². The van der Waals surface area contributed by atoms with E-state index in [4.69, 9.17) is 0 Å². The minimum absolute atomic E-state index is 0.141. The molecule has 102 valence electrons. The van der Waals surface area contributed by atoms with Gasteiger partial charge >= 0.3 is 0 Å². The van der Waals surface area contributed by atoms with Gasteiger partial charge in [-0.15, -0.1) is 0 Å². The van der Waals surface area contributed by atoms with Crippen molar-refractivity contribution < 1.29 is 9.59 Å². The lowest BCUT2D eigenvalue weighted by Gasteiger charge is -2.23. The second-order valence-electron chi connectivity index (χ2n) is 5.36. The highest BCUT2D eigenvalue weighted by Gasteiger charge is 2.28. The van der Waals surface area contributed by atoms with Gasteiger partial charge in [0, 0.05) is 12.5 Å². The lowest BCUT2D eigenvalue weighted by Crippen LogP contribution is -2.22. The third-order valence-electron chi connectivity index (χ3n) is 4.06. The van der Waals surface area contributed by atoms with E-state index in [-0.39, 0.29) is 5.92 Å². The maximum absolute atomic E-state index is 11.7. The normalized spacial score (nSPS) is 22.8. The van der Waals surface area contributed by atoms with Crippen molar-refractivity contribution in [2.75, 3.05) is 13.1 Å². The molecule has 1 fully saturated rings. The highest BCUT2D eigenvalue weighted by Crippen LogP contribution is 2.35. The lowest BCUT2D eigenvalue weighted by molar-refractivity contribution is -0.131. The van der Waals surface area contributed by atoms with E-state index in [1.807, 2.05) is 12.1 Å². The van der Waals surface area contributed by atoms with Gasteiger partial charge in [-0.3, -0.25) is 9.59 Å². The molecule has 1 aromatic rings. The van der Waals surface area contributed by atoms with Crippen molar-refractivity contribution in [3.05, 3.63) is 58.7 Å². The molecule has 0 amide bonds. The molecule has 0 bridgehead atoms. The molecule has 1 aliphatic carbocycles. The third-order valence-corrected chi connectivity index (χ3v) is 4.06. The molecule has 1 unspecified atom stereocenters. The molecule has 20 heavy (non-hydrogen) atoms. The summed E-state index contributed by atoms with van der Waals surface area (Å²) in [4.78, 5) is 23.3. The second-order valence-corrected chi connectivity index (χ2v) is 5.36. The molecule has 3 rings (SSSR count). The SMILES string of the molecule is Cc1ccccc1C1CNCCC2=CC(=O)C(=O)C=C21. The molecule has 1 atom stereocenters. The number of aryl methyl sites for hydroxylation is 1. The van der Waals surface area contributed by atoms with Crippen molar-refractivity contribution in [2.45, 2.75) is 19.3 Å². The quantitative estimate of drug-likeness (QED) is 0.626. The number of hydrogen-bond acceptors (Lipinski definition) is 3. The van der Waals surface area contributed by atoms with Crippen molar-refractivity contribution in [3.8, 4) is 0 Å². The smallest absolute Gasteiger partial charge is 0.226 e. The molecule has 1 N–H and O–H groups in total. The Hall–Kier alpha value is -2.00. The van der Waals surface area contributed by atoms with Gasteiger partial charge in [-0.25, -0.2) is 0 Å². The van der Waals surface area contributed by atoms with Crippen LogP contribution in [0.2, 0.25) is 0 Å². The predicted molar refractivity (Wildman–Crippen MR) is 77.6 cm³/mol. The summed E-state index contributed by atoms with van der Waals surface area (Å²) in [5.41, 5.74) is 4.45. The van der Waals surface area contributed by atoms with E-state index in [1.165, 1.54) is 17.2 Å². The highest BCUT2D eigenvalue weighted by molar-refractivity contribution is 6.46. The predicted octanol–water partition coefficient (Wildman–Crippen LogP) is 2.08. The minimum Gasteiger partial charge on any atom is -0.315 e. The van der Waals surface area contributed by atoms with Crippen LogP contribution in [0.5, 0.6) is 0 Å². The van der Waals surface area contributed by atoms with E-state index in [1.54, 1.807) is 6.08 Å². The van der Waals surface area contributed by atoms with Gasteiger partial charge in [-0.2, -0.15) is 0 Å². The third kappa shape index (κ3) is 2.25. The molecular formula is C17H17NO2. The summed E-state index contributed by atoms with van der Waals surface area (Å²) in [6.07, 6.45) is 3.87. The molecule has 3 nitrogen and oxygen atoms in total. The molecule has 1 aromatic carbocycles. The molecule has 3 heteroatoms. The van der Waals surface area contributed by atoms with Gasteiger partial charge in [-0.1, -0.05) is 24.3 Å². The number of allylic oxidation sites excluding steroid dienone is 2. The van der Waals surface area contributed by atoms with Gasteiger partial charge in [0.05, 0.1) is 0 Å². The summed E-state index contributed by atoms with van der Waals surface area (Å²) in [7, 11) is 0. The Bertz CT molecular complexity index is 640. The fourth-order valence-electron chi connectivity index (χ4n) is 2.99. The number of benzene rings is 1. The summed E-state index contributed by atoms with van der Waals surface area (Å²) < 4.78 is 0. The van der Waals surface area contributed by atoms with Crippen LogP contribution in [0.4, 0.5) is 0 Å². The summed E-state index contributed by atoms with van der Waals surface area (Å²) in [5, 5.41) is 3.40. The topological polar surface area (TPSA) is 46.2 Å². The van der Waals surface area contributed by atoms with Crippen LogP contribution in [-0.4, -0.2) is 24.7 Å². The molecule has 2 aliphatic rings. The Labute approximate surface area is 118 Å². The molecule has 1 aliphatic heterocycles. The molecule has 0 aromatic heterocycles. The van der Waals surface area contributed by atoms with Gasteiger partial charge in [0.25, 0.3) is 0 Å². The average Bonchev–Trinajstić information content (AvgIpc) is 2.63. The first-order valence-corrected chi connectivity index (χ1v) is 6.94. The Balaban J connectivity index is 2.08. The largest absolute Gasteiger partial charge is 0.315 e. The number of nitrogens with one attached hydrogen (secondary N) is 1. The molecular weight excluding hydrogens is 250 g/mol. The Kier molecular flexibility index (Phi) is 3.36. The zero-order valence-electron chi connectivity index (χ0n) is 11.5. The number of rotatable bonds is 1. The first-order valence-electron chi connectivity index (χ1n) is 6.94. The van der Waals surface area contributed by atoms with Gasteiger partial charge in [0.1, 0.15) is 0 Å². The maximum Gasteiger partial charge on any atom is 0.226 e. The summed E-state index contributed by atoms with van der Waals surface area (Å²) in [6, 6.07) is 8.23. The Morgan fingerprint density at radius 3 is 2.65 bits per heavy atom. The number of carbonyl (C=O) groups is 2. The molecule has 0 saturated carbocycles. The molecule has 1 saturated heterocycles. The van der Waals surface area contributed by atoms with Crippen LogP contribution in [0.1, 0.15) is 23.5 Å². The van der Waals surface area contributed by atoms with Gasteiger partial charge in [-0.05, 0) is 54.3 Å². The fraction of sp³-hybridized carbons (Fsp3) is 0.294. The average molecular weight is 267 g/mol. The highest BCUT2D eigenvalue weighted by atomic mass is 16.2. The van der Waals surface area contributed by atoms with E-state index in [2.05, 4.69) is 24.4 Å². The summed E-state index contributed by atoms with van der Waals surface area (Å²) >= 11 is 0. The van der Waals surface area contributed by atoms with E-state index < -0.39 is 11.6 Å².